The van der Waals surface area contributed by atoms with Crippen molar-refractivity contribution in [2.24, 2.45) is 0 Å². The van der Waals surface area contributed by atoms with Crippen LogP contribution in [0.3, 0.4) is 0 Å². The number of amides is 2. The fourth-order valence-electron chi connectivity index (χ4n) is 3.58. The van der Waals surface area contributed by atoms with Gasteiger partial charge in [-0.05, 0) is 55.8 Å². The van der Waals surface area contributed by atoms with Gasteiger partial charge in [-0.3, -0.25) is 13.9 Å². The number of carbonyl (C=O) groups excluding carboxylic acids is 2. The minimum absolute atomic E-state index is 0.0222. The van der Waals surface area contributed by atoms with Crippen molar-refractivity contribution in [3.63, 3.8) is 0 Å². The molecule has 0 spiro atoms. The summed E-state index contributed by atoms with van der Waals surface area (Å²) in [5, 5.41) is 2.91. The van der Waals surface area contributed by atoms with Crippen molar-refractivity contribution in [3.8, 4) is 0 Å². The maximum absolute atomic E-state index is 13.7. The minimum atomic E-state index is -4.15. The Labute approximate surface area is 225 Å². The molecule has 190 valence electrons. The van der Waals surface area contributed by atoms with Gasteiger partial charge in [0.25, 0.3) is 10.0 Å². The number of rotatable bonds is 10. The molecular weight excluding hydrogens is 566 g/mol. The summed E-state index contributed by atoms with van der Waals surface area (Å²) < 4.78 is 29.2. The Morgan fingerprint density at radius 2 is 1.58 bits per heavy atom. The minimum Gasteiger partial charge on any atom is -0.355 e. The molecule has 3 aromatic rings. The SMILES string of the molecule is CCNC(=O)C(C)N(Cc1ccc(Br)cc1)C(=O)CN(c1ccccc1Cl)S(=O)(=O)c1ccccc1. The summed E-state index contributed by atoms with van der Waals surface area (Å²) in [6, 6.07) is 20.8. The van der Waals surface area contributed by atoms with Gasteiger partial charge >= 0.3 is 0 Å². The molecule has 3 aromatic carbocycles. The van der Waals surface area contributed by atoms with E-state index in [0.29, 0.717) is 6.54 Å². The van der Waals surface area contributed by atoms with Gasteiger partial charge in [0.1, 0.15) is 12.6 Å². The number of para-hydroxylation sites is 1. The summed E-state index contributed by atoms with van der Waals surface area (Å²) in [6.45, 7) is 3.38. The molecule has 1 unspecified atom stereocenters. The molecule has 0 radical (unpaired) electrons. The lowest BCUT2D eigenvalue weighted by molar-refractivity contribution is -0.139. The Hall–Kier alpha value is -2.88. The van der Waals surface area contributed by atoms with Crippen molar-refractivity contribution < 1.29 is 18.0 Å². The van der Waals surface area contributed by atoms with Gasteiger partial charge in [-0.2, -0.15) is 0 Å². The molecule has 0 aliphatic heterocycles. The van der Waals surface area contributed by atoms with Gasteiger partial charge in [-0.15, -0.1) is 0 Å². The molecule has 10 heteroatoms. The van der Waals surface area contributed by atoms with Gasteiger partial charge in [0, 0.05) is 17.6 Å². The van der Waals surface area contributed by atoms with Crippen molar-refractivity contribution in [1.29, 1.82) is 0 Å². The smallest absolute Gasteiger partial charge is 0.264 e. The van der Waals surface area contributed by atoms with Crippen LogP contribution in [0.2, 0.25) is 5.02 Å². The molecule has 0 saturated heterocycles. The van der Waals surface area contributed by atoms with Crippen molar-refractivity contribution >= 4 is 55.1 Å². The first-order valence-electron chi connectivity index (χ1n) is 11.3. The van der Waals surface area contributed by atoms with Crippen LogP contribution in [0.15, 0.2) is 88.2 Å². The molecule has 0 saturated carbocycles. The molecular formula is C26H27BrClN3O4S. The summed E-state index contributed by atoms with van der Waals surface area (Å²) in [6.07, 6.45) is 0. The van der Waals surface area contributed by atoms with E-state index in [0.717, 1.165) is 14.3 Å². The molecule has 1 atom stereocenters. The Morgan fingerprint density at radius 1 is 0.972 bits per heavy atom. The topological polar surface area (TPSA) is 86.8 Å². The number of sulfonamides is 1. The van der Waals surface area contributed by atoms with Crippen molar-refractivity contribution in [3.05, 3.63) is 93.9 Å². The zero-order valence-electron chi connectivity index (χ0n) is 19.9. The second kappa shape index (κ2) is 12.4. The number of halogens is 2. The van der Waals surface area contributed by atoms with Crippen LogP contribution in [-0.4, -0.2) is 44.3 Å². The van der Waals surface area contributed by atoms with E-state index in [4.69, 9.17) is 11.6 Å². The van der Waals surface area contributed by atoms with Crippen LogP contribution in [0.4, 0.5) is 5.69 Å². The summed E-state index contributed by atoms with van der Waals surface area (Å²) in [5.41, 5.74) is 0.962. The van der Waals surface area contributed by atoms with E-state index in [1.54, 1.807) is 56.3 Å². The van der Waals surface area contributed by atoms with Gasteiger partial charge in [0.2, 0.25) is 11.8 Å². The molecule has 0 aliphatic rings. The van der Waals surface area contributed by atoms with Gasteiger partial charge in [-0.25, -0.2) is 8.42 Å². The molecule has 36 heavy (non-hydrogen) atoms. The van der Waals surface area contributed by atoms with Crippen LogP contribution in [0.5, 0.6) is 0 Å². The molecule has 0 bridgehead atoms. The summed E-state index contributed by atoms with van der Waals surface area (Å²) in [4.78, 5) is 27.8. The van der Waals surface area contributed by atoms with Crippen molar-refractivity contribution in [2.45, 2.75) is 31.3 Å². The number of hydrogen-bond acceptors (Lipinski definition) is 4. The van der Waals surface area contributed by atoms with Crippen LogP contribution in [0.1, 0.15) is 19.4 Å². The first kappa shape index (κ1) is 27.7. The van der Waals surface area contributed by atoms with Crippen LogP contribution < -0.4 is 9.62 Å². The van der Waals surface area contributed by atoms with E-state index in [9.17, 15) is 18.0 Å². The van der Waals surface area contributed by atoms with E-state index in [1.807, 2.05) is 24.3 Å². The molecule has 0 aromatic heterocycles. The number of hydrogen-bond donors (Lipinski definition) is 1. The molecule has 0 heterocycles. The van der Waals surface area contributed by atoms with Gasteiger partial charge in [0.15, 0.2) is 0 Å². The molecule has 1 N–H and O–H groups in total. The first-order chi connectivity index (χ1) is 17.1. The lowest BCUT2D eigenvalue weighted by Gasteiger charge is -2.32. The lowest BCUT2D eigenvalue weighted by Crippen LogP contribution is -2.51. The molecule has 7 nitrogen and oxygen atoms in total. The highest BCUT2D eigenvalue weighted by Crippen LogP contribution is 2.30. The molecule has 3 rings (SSSR count). The van der Waals surface area contributed by atoms with Gasteiger partial charge < -0.3 is 10.2 Å². The van der Waals surface area contributed by atoms with E-state index < -0.39 is 28.5 Å². The third kappa shape index (κ3) is 6.66. The van der Waals surface area contributed by atoms with E-state index in [-0.39, 0.29) is 28.1 Å². The zero-order valence-corrected chi connectivity index (χ0v) is 23.1. The number of anilines is 1. The summed E-state index contributed by atoms with van der Waals surface area (Å²) in [7, 11) is -4.15. The van der Waals surface area contributed by atoms with Crippen LogP contribution >= 0.6 is 27.5 Å². The highest BCUT2D eigenvalue weighted by molar-refractivity contribution is 9.10. The second-order valence-corrected chi connectivity index (χ2v) is 11.2. The maximum atomic E-state index is 13.7. The highest BCUT2D eigenvalue weighted by atomic mass is 79.9. The lowest BCUT2D eigenvalue weighted by atomic mass is 10.1. The largest absolute Gasteiger partial charge is 0.355 e. The maximum Gasteiger partial charge on any atom is 0.264 e. The number of benzene rings is 3. The van der Waals surface area contributed by atoms with Crippen LogP contribution in [0, 0.1) is 0 Å². The van der Waals surface area contributed by atoms with Crippen molar-refractivity contribution in [2.75, 3.05) is 17.4 Å². The van der Waals surface area contributed by atoms with E-state index in [2.05, 4.69) is 21.2 Å². The average molecular weight is 593 g/mol. The number of nitrogens with one attached hydrogen (secondary N) is 1. The summed E-state index contributed by atoms with van der Waals surface area (Å²) in [5.74, 6) is -0.880. The number of carbonyl (C=O) groups is 2. The summed E-state index contributed by atoms with van der Waals surface area (Å²) >= 11 is 9.77. The predicted molar refractivity (Wildman–Crippen MR) is 145 cm³/mol. The average Bonchev–Trinajstić information content (AvgIpc) is 2.87. The van der Waals surface area contributed by atoms with Crippen molar-refractivity contribution in [1.82, 2.24) is 10.2 Å². The fourth-order valence-corrected chi connectivity index (χ4v) is 5.58. The Morgan fingerprint density at radius 3 is 2.19 bits per heavy atom. The fraction of sp³-hybridized carbons (Fsp3) is 0.231. The number of likely N-dealkylation sites (N-methyl/N-ethyl adjacent to an activating group) is 1. The Balaban J connectivity index is 2.02. The highest BCUT2D eigenvalue weighted by Gasteiger charge is 2.33. The Kier molecular flexibility index (Phi) is 9.53. The monoisotopic (exact) mass is 591 g/mol. The quantitative estimate of drug-likeness (QED) is 0.365. The predicted octanol–water partition coefficient (Wildman–Crippen LogP) is 4.85. The van der Waals surface area contributed by atoms with E-state index in [1.165, 1.54) is 17.0 Å². The Bertz CT molecular complexity index is 1300. The van der Waals surface area contributed by atoms with E-state index >= 15 is 0 Å². The second-order valence-electron chi connectivity index (χ2n) is 7.99. The van der Waals surface area contributed by atoms with Crippen LogP contribution in [0.25, 0.3) is 0 Å². The standard InChI is InChI=1S/C26H27BrClN3O4S/c1-3-29-26(33)19(2)30(17-20-13-15-21(27)16-14-20)25(32)18-31(24-12-8-7-11-23(24)28)36(34,35)22-9-5-4-6-10-22/h4-16,19H,3,17-18H2,1-2H3,(H,29,33). The first-order valence-corrected chi connectivity index (χ1v) is 13.9. The zero-order chi connectivity index (χ0) is 26.3. The molecule has 0 aliphatic carbocycles. The van der Waals surface area contributed by atoms with Crippen LogP contribution in [-0.2, 0) is 26.2 Å². The normalized spacial score (nSPS) is 12.0. The van der Waals surface area contributed by atoms with Gasteiger partial charge in [-0.1, -0.05) is 70.0 Å². The third-order valence-corrected chi connectivity index (χ3v) is 8.14. The molecule has 0 fully saturated rings. The molecule has 2 amide bonds. The third-order valence-electron chi connectivity index (χ3n) is 5.52. The van der Waals surface area contributed by atoms with Gasteiger partial charge in [0.05, 0.1) is 15.6 Å². The number of nitrogens with zero attached hydrogens (tertiary/aromatic N) is 2.